The van der Waals surface area contributed by atoms with E-state index in [4.69, 9.17) is 18.3 Å². The Morgan fingerprint density at radius 2 is 0.821 bits per heavy atom. The third kappa shape index (κ3) is 17.8. The molecule has 5 nitrogen and oxygen atoms in total. The van der Waals surface area contributed by atoms with E-state index in [0.717, 1.165) is 55.8 Å². The molecule has 0 saturated heterocycles. The number of rotatable bonds is 35. The highest BCUT2D eigenvalue weighted by atomic mass is 28.4. The summed E-state index contributed by atoms with van der Waals surface area (Å²) in [6.45, 7) is 37.0. The number of unbranched alkanes of at least 4 members (excludes halogenated alkanes) is 14. The highest BCUT2D eigenvalue weighted by Crippen LogP contribution is 2.45. The molecule has 2 atom stereocenters. The Bertz CT molecular complexity index is 1060. The Balaban J connectivity index is 3.52. The second kappa shape index (κ2) is 29.4. The van der Waals surface area contributed by atoms with Crippen LogP contribution in [0.4, 0.5) is 0 Å². The summed E-state index contributed by atoms with van der Waals surface area (Å²) in [5, 5.41) is 3.57. The number of hydrogen-bond acceptors (Lipinski definition) is 5. The third-order valence-corrected chi connectivity index (χ3v) is 25.0. The van der Waals surface area contributed by atoms with Crippen LogP contribution in [0.1, 0.15) is 225 Å². The van der Waals surface area contributed by atoms with Crippen LogP contribution in [0, 0.1) is 0 Å². The topological polar surface area (TPSA) is 49.0 Å². The first-order chi connectivity index (χ1) is 26.6. The van der Waals surface area contributed by atoms with E-state index >= 15 is 0 Å². The van der Waals surface area contributed by atoms with Gasteiger partial charge < -0.3 is 23.6 Å². The fourth-order valence-electron chi connectivity index (χ4n) is 9.86. The zero-order valence-corrected chi connectivity index (χ0v) is 42.1. The Hall–Kier alpha value is -0.866. The van der Waals surface area contributed by atoms with Crippen molar-refractivity contribution in [3.63, 3.8) is 0 Å². The summed E-state index contributed by atoms with van der Waals surface area (Å²) in [5.41, 5.74) is 4.12. The number of hydrogen-bond donors (Lipinski definition) is 1. The second-order valence-electron chi connectivity index (χ2n) is 19.0. The lowest BCUT2D eigenvalue weighted by Gasteiger charge is -2.44. The Kier molecular flexibility index (Phi) is 27.9. The molecule has 0 heterocycles. The maximum absolute atomic E-state index is 7.45. The lowest BCUT2D eigenvalue weighted by atomic mass is 10.1. The summed E-state index contributed by atoms with van der Waals surface area (Å²) < 4.78 is 29.0. The zero-order chi connectivity index (χ0) is 42.1. The SMILES string of the molecule is CCCCCCCCCCC(Oc1ccc(CNCC)c(OC(CCCCCCCCCC)O[Si](C(C)C)(C(C)C)C(C)C)c1)O[Si](C(C)C)(C(C)C)C(C)C. The quantitative estimate of drug-likeness (QED) is 0.0420. The molecule has 0 aliphatic heterocycles. The summed E-state index contributed by atoms with van der Waals surface area (Å²) >= 11 is 0. The van der Waals surface area contributed by atoms with Crippen LogP contribution in [-0.4, -0.2) is 35.8 Å². The van der Waals surface area contributed by atoms with Crippen LogP contribution in [0.5, 0.6) is 11.5 Å². The van der Waals surface area contributed by atoms with Crippen LogP contribution in [0.2, 0.25) is 33.2 Å². The molecule has 0 aromatic heterocycles. The van der Waals surface area contributed by atoms with Crippen LogP contribution in [0.15, 0.2) is 18.2 Å². The first-order valence-electron chi connectivity index (χ1n) is 24.2. The predicted octanol–water partition coefficient (Wildman–Crippen LogP) is 16.7. The summed E-state index contributed by atoms with van der Waals surface area (Å²) in [5.74, 6) is 1.73. The monoisotopic (exact) mass is 820 g/mol. The number of nitrogens with one attached hydrogen (secondary N) is 1. The molecule has 2 unspecified atom stereocenters. The lowest BCUT2D eigenvalue weighted by Crippen LogP contribution is -2.51. The van der Waals surface area contributed by atoms with Crippen LogP contribution in [0.3, 0.4) is 0 Å². The molecule has 1 rings (SSSR count). The van der Waals surface area contributed by atoms with Crippen LogP contribution in [0.25, 0.3) is 0 Å². The summed E-state index contributed by atoms with van der Waals surface area (Å²) in [7, 11) is -4.37. The van der Waals surface area contributed by atoms with Crippen molar-refractivity contribution in [2.45, 2.75) is 272 Å². The van der Waals surface area contributed by atoms with Crippen molar-refractivity contribution in [2.75, 3.05) is 6.54 Å². The fourth-order valence-corrected chi connectivity index (χ4v) is 20.7. The van der Waals surface area contributed by atoms with E-state index in [9.17, 15) is 0 Å². The van der Waals surface area contributed by atoms with Crippen molar-refractivity contribution in [3.05, 3.63) is 23.8 Å². The maximum Gasteiger partial charge on any atom is 0.205 e. The molecule has 1 N–H and O–H groups in total. The first-order valence-corrected chi connectivity index (χ1v) is 28.4. The number of ether oxygens (including phenoxy) is 2. The molecule has 0 aliphatic carbocycles. The minimum Gasteiger partial charge on any atom is -0.466 e. The van der Waals surface area contributed by atoms with Gasteiger partial charge in [0.15, 0.2) is 12.6 Å². The van der Waals surface area contributed by atoms with Gasteiger partial charge in [0.1, 0.15) is 11.5 Å². The Morgan fingerprint density at radius 3 is 1.18 bits per heavy atom. The molecular formula is C49H97NO4Si2. The highest BCUT2D eigenvalue weighted by Gasteiger charge is 2.48. The standard InChI is InChI=1S/C49H97NO4Si2/c1-16-19-21-23-25-27-29-31-33-48(53-55(39(4)5,40(6)7)41(8)9)51-46-36-35-45(38-50-18-3)47(37-46)52-49(34-32-30-28-26-24-22-20-17-2)54-56(42(10)11,43(12)13)44(14)15/h35-37,39-44,48-50H,16-34,38H2,1-15H3. The molecule has 1 aromatic carbocycles. The highest BCUT2D eigenvalue weighted by molar-refractivity contribution is 6.78. The van der Waals surface area contributed by atoms with Gasteiger partial charge in [0.05, 0.1) is 0 Å². The van der Waals surface area contributed by atoms with Crippen molar-refractivity contribution in [1.82, 2.24) is 5.32 Å². The van der Waals surface area contributed by atoms with Gasteiger partial charge in [0.25, 0.3) is 0 Å². The van der Waals surface area contributed by atoms with Crippen molar-refractivity contribution in [2.24, 2.45) is 0 Å². The summed E-state index contributed by atoms with van der Waals surface area (Å²) in [6.07, 6.45) is 22.0. The molecule has 330 valence electrons. The van der Waals surface area contributed by atoms with Gasteiger partial charge in [-0.1, -0.05) is 200 Å². The second-order valence-corrected chi connectivity index (χ2v) is 29.9. The molecule has 0 radical (unpaired) electrons. The van der Waals surface area contributed by atoms with Gasteiger partial charge in [-0.3, -0.25) is 0 Å². The van der Waals surface area contributed by atoms with E-state index in [-0.39, 0.29) is 12.6 Å². The van der Waals surface area contributed by atoms with E-state index in [1.54, 1.807) is 0 Å². The third-order valence-electron chi connectivity index (χ3n) is 12.8. The summed E-state index contributed by atoms with van der Waals surface area (Å²) in [6, 6.07) is 6.52. The van der Waals surface area contributed by atoms with Gasteiger partial charge in [-0.25, -0.2) is 0 Å². The molecule has 0 fully saturated rings. The molecule has 0 bridgehead atoms. The van der Waals surface area contributed by atoms with Gasteiger partial charge >= 0.3 is 0 Å². The predicted molar refractivity (Wildman–Crippen MR) is 251 cm³/mol. The molecule has 0 spiro atoms. The molecule has 1 aromatic rings. The van der Waals surface area contributed by atoms with Gasteiger partial charge in [-0.15, -0.1) is 0 Å². The van der Waals surface area contributed by atoms with Gasteiger partial charge in [0.2, 0.25) is 16.6 Å². The van der Waals surface area contributed by atoms with E-state index < -0.39 is 16.6 Å². The van der Waals surface area contributed by atoms with E-state index in [1.807, 2.05) is 0 Å². The summed E-state index contributed by atoms with van der Waals surface area (Å²) in [4.78, 5) is 0. The molecular weight excluding hydrogens is 723 g/mol. The largest absolute Gasteiger partial charge is 0.466 e. The van der Waals surface area contributed by atoms with Crippen molar-refractivity contribution < 1.29 is 18.3 Å². The van der Waals surface area contributed by atoms with Gasteiger partial charge in [0, 0.05) is 31.0 Å². The molecule has 0 saturated carbocycles. The van der Waals surface area contributed by atoms with Crippen LogP contribution >= 0.6 is 0 Å². The Morgan fingerprint density at radius 1 is 0.464 bits per heavy atom. The van der Waals surface area contributed by atoms with Crippen LogP contribution in [-0.2, 0) is 15.4 Å². The maximum atomic E-state index is 7.45. The Labute approximate surface area is 352 Å². The lowest BCUT2D eigenvalue weighted by molar-refractivity contribution is -0.0217. The normalized spacial score (nSPS) is 13.9. The first kappa shape index (κ1) is 53.2. The van der Waals surface area contributed by atoms with E-state index in [2.05, 4.69) is 127 Å². The fraction of sp³-hybridized carbons (Fsp3) is 0.878. The van der Waals surface area contributed by atoms with E-state index in [0.29, 0.717) is 33.2 Å². The van der Waals surface area contributed by atoms with Crippen molar-refractivity contribution in [1.29, 1.82) is 0 Å². The number of benzene rings is 1. The van der Waals surface area contributed by atoms with Crippen molar-refractivity contribution >= 4 is 16.6 Å². The zero-order valence-electron chi connectivity index (χ0n) is 40.1. The minimum atomic E-state index is -2.20. The van der Waals surface area contributed by atoms with E-state index in [1.165, 1.54) is 89.9 Å². The van der Waals surface area contributed by atoms with Gasteiger partial charge in [-0.2, -0.15) is 0 Å². The van der Waals surface area contributed by atoms with Crippen molar-refractivity contribution in [3.8, 4) is 11.5 Å². The minimum absolute atomic E-state index is 0.270. The van der Waals surface area contributed by atoms with Gasteiger partial charge in [-0.05, 0) is 58.7 Å². The molecule has 0 aliphatic rings. The molecule has 0 amide bonds. The average Bonchev–Trinajstić information content (AvgIpc) is 3.13. The smallest absolute Gasteiger partial charge is 0.205 e. The molecule has 7 heteroatoms. The average molecular weight is 820 g/mol. The van der Waals surface area contributed by atoms with Crippen LogP contribution < -0.4 is 14.8 Å². The molecule has 56 heavy (non-hydrogen) atoms.